The van der Waals surface area contributed by atoms with Gasteiger partial charge in [-0.15, -0.1) is 0 Å². The molecule has 6 heteroatoms. The van der Waals surface area contributed by atoms with E-state index < -0.39 is 19.6 Å². The molecule has 0 aliphatic carbocycles. The van der Waals surface area contributed by atoms with Crippen LogP contribution in [0.15, 0.2) is 0 Å². The third-order valence-electron chi connectivity index (χ3n) is 0.183. The van der Waals surface area contributed by atoms with Crippen molar-refractivity contribution in [1.29, 1.82) is 0 Å². The van der Waals surface area contributed by atoms with Crippen LogP contribution in [0.4, 0.5) is 4.79 Å². The molecule has 6 nitrogen and oxygen atoms in total. The highest BCUT2D eigenvalue weighted by Gasteiger charge is 1.65. The van der Waals surface area contributed by atoms with Crippen molar-refractivity contribution in [2.45, 2.75) is 0 Å². The molecule has 0 aliphatic heterocycles. The maximum atomic E-state index is 9.00. The molecule has 0 rings (SSSR count). The molecule has 0 saturated heterocycles. The number of hydrogen-bond donors (Lipinski definition) is 4. The van der Waals surface area contributed by atoms with E-state index in [1.54, 1.807) is 0 Å². The van der Waals surface area contributed by atoms with Crippen LogP contribution in [-0.2, 0) is 4.74 Å². The zero-order chi connectivity index (χ0) is 7.70. The molecular weight excluding hydrogens is 128 g/mol. The normalized spacial score (nSPS) is 7.33. The Balaban J connectivity index is 0. The van der Waals surface area contributed by atoms with Gasteiger partial charge >= 0.3 is 6.03 Å². The molecule has 0 fully saturated rings. The number of ether oxygens (including phenoxy) is 1. The largest absolute Gasteiger partial charge is 0.371 e. The van der Waals surface area contributed by atoms with E-state index in [-0.39, 0.29) is 0 Å². The van der Waals surface area contributed by atoms with Crippen molar-refractivity contribution in [3.8, 4) is 0 Å². The predicted molar refractivity (Wildman–Crippen MR) is 29.0 cm³/mol. The summed E-state index contributed by atoms with van der Waals surface area (Å²) in [6.07, 6.45) is 0. The summed E-state index contributed by atoms with van der Waals surface area (Å²) in [7, 11) is 0. The molecule has 56 valence electrons. The molecule has 0 bridgehead atoms. The lowest BCUT2D eigenvalue weighted by atomic mass is 11.2. The van der Waals surface area contributed by atoms with Crippen LogP contribution in [0.25, 0.3) is 0 Å². The van der Waals surface area contributed by atoms with Gasteiger partial charge in [-0.05, 0) is 0 Å². The molecule has 0 spiro atoms. The first-order valence-electron chi connectivity index (χ1n) is 1.99. The number of aliphatic hydroxyl groups excluding tert-OH is 2. The molecule has 0 atom stereocenters. The zero-order valence-electron chi connectivity index (χ0n) is 4.78. The van der Waals surface area contributed by atoms with Gasteiger partial charge in [0.15, 0.2) is 0 Å². The van der Waals surface area contributed by atoms with E-state index in [1.165, 1.54) is 0 Å². The van der Waals surface area contributed by atoms with E-state index in [2.05, 4.69) is 16.2 Å². The number of rotatable bonds is 2. The predicted octanol–water partition coefficient (Wildman–Crippen LogP) is -2.07. The number of amides is 2. The van der Waals surface area contributed by atoms with Crippen LogP contribution < -0.4 is 11.5 Å². The van der Waals surface area contributed by atoms with Gasteiger partial charge < -0.3 is 26.4 Å². The lowest BCUT2D eigenvalue weighted by Gasteiger charge is -1.85. The van der Waals surface area contributed by atoms with Crippen LogP contribution in [0.5, 0.6) is 0 Å². The first-order valence-corrected chi connectivity index (χ1v) is 1.99. The molecular formula is C3H10N2O4. The van der Waals surface area contributed by atoms with Crippen molar-refractivity contribution in [1.82, 2.24) is 0 Å². The minimum absolute atomic E-state index is 0.406. The van der Waals surface area contributed by atoms with E-state index >= 15 is 0 Å². The summed E-state index contributed by atoms with van der Waals surface area (Å²) in [4.78, 5) is 9.00. The number of carbonyl (C=O) groups excluding carboxylic acids is 1. The van der Waals surface area contributed by atoms with Gasteiger partial charge in [0, 0.05) is 0 Å². The molecule has 0 aliphatic rings. The summed E-state index contributed by atoms with van der Waals surface area (Å²) in [6, 6.07) is -0.833. The number of urea groups is 1. The zero-order valence-corrected chi connectivity index (χ0v) is 4.78. The Bertz CT molecular complexity index is 60.8. The molecule has 6 N–H and O–H groups in total. The van der Waals surface area contributed by atoms with E-state index in [0.717, 1.165) is 0 Å². The second-order valence-electron chi connectivity index (χ2n) is 0.865. The molecule has 0 radical (unpaired) electrons. The number of primary amides is 2. The Labute approximate surface area is 52.0 Å². The molecule has 0 unspecified atom stereocenters. The van der Waals surface area contributed by atoms with Crippen LogP contribution in [0.2, 0.25) is 0 Å². The summed E-state index contributed by atoms with van der Waals surface area (Å²) in [5.74, 6) is 0. The van der Waals surface area contributed by atoms with Crippen molar-refractivity contribution < 1.29 is 19.7 Å². The number of aliphatic hydroxyl groups is 2. The SMILES string of the molecule is NC(N)=O.OCOCO. The third kappa shape index (κ3) is 143. The van der Waals surface area contributed by atoms with Crippen molar-refractivity contribution in [3.63, 3.8) is 0 Å². The quantitative estimate of drug-likeness (QED) is 0.327. The van der Waals surface area contributed by atoms with Gasteiger partial charge in [0.25, 0.3) is 0 Å². The fraction of sp³-hybridized carbons (Fsp3) is 0.667. The standard InChI is InChI=1S/C2H6O3.CH4N2O/c3-1-5-2-4;2-1(3)4/h3-4H,1-2H2;(H4,2,3,4). The molecule has 0 saturated carbocycles. The van der Waals surface area contributed by atoms with Crippen LogP contribution in [0.3, 0.4) is 0 Å². The average molecular weight is 138 g/mol. The van der Waals surface area contributed by atoms with Crippen molar-refractivity contribution in [3.05, 3.63) is 0 Å². The first-order chi connectivity index (χ1) is 4.15. The van der Waals surface area contributed by atoms with Crippen LogP contribution in [0.1, 0.15) is 0 Å². The monoisotopic (exact) mass is 138 g/mol. The first kappa shape index (κ1) is 11.0. The minimum atomic E-state index is -0.833. The van der Waals surface area contributed by atoms with Gasteiger partial charge in [0.1, 0.15) is 13.6 Å². The minimum Gasteiger partial charge on any atom is -0.371 e. The van der Waals surface area contributed by atoms with Gasteiger partial charge in [0.05, 0.1) is 0 Å². The molecule has 0 aromatic carbocycles. The third-order valence-corrected chi connectivity index (χ3v) is 0.183. The Morgan fingerprint density at radius 3 is 1.56 bits per heavy atom. The second kappa shape index (κ2) is 10.2. The van der Waals surface area contributed by atoms with E-state index in [1.807, 2.05) is 0 Å². The second-order valence-corrected chi connectivity index (χ2v) is 0.865. The van der Waals surface area contributed by atoms with Gasteiger partial charge in [-0.1, -0.05) is 0 Å². The molecule has 0 heterocycles. The topological polar surface area (TPSA) is 119 Å². The van der Waals surface area contributed by atoms with Gasteiger partial charge in [-0.2, -0.15) is 0 Å². The lowest BCUT2D eigenvalue weighted by molar-refractivity contribution is -0.0763. The summed E-state index contributed by atoms with van der Waals surface area (Å²) >= 11 is 0. The van der Waals surface area contributed by atoms with E-state index in [9.17, 15) is 0 Å². The van der Waals surface area contributed by atoms with Crippen molar-refractivity contribution in [2.75, 3.05) is 13.6 Å². The Hall–Kier alpha value is -0.850. The van der Waals surface area contributed by atoms with E-state index in [4.69, 9.17) is 15.0 Å². The number of nitrogens with two attached hydrogens (primary N) is 2. The Morgan fingerprint density at radius 1 is 1.33 bits per heavy atom. The van der Waals surface area contributed by atoms with Crippen molar-refractivity contribution in [2.24, 2.45) is 11.5 Å². The maximum Gasteiger partial charge on any atom is 0.309 e. The number of hydrogen-bond acceptors (Lipinski definition) is 4. The molecule has 9 heavy (non-hydrogen) atoms. The van der Waals surface area contributed by atoms with Gasteiger partial charge in [-0.3, -0.25) is 0 Å². The molecule has 0 aromatic heterocycles. The summed E-state index contributed by atoms with van der Waals surface area (Å²) in [5.41, 5.74) is 8.50. The Kier molecular flexibility index (Phi) is 12.5. The number of carbonyl (C=O) groups is 1. The fourth-order valence-electron chi connectivity index (χ4n) is 0.0408. The average Bonchev–Trinajstić information content (AvgIpc) is 1.66. The summed E-state index contributed by atoms with van der Waals surface area (Å²) in [6.45, 7) is -0.812. The van der Waals surface area contributed by atoms with E-state index in [0.29, 0.717) is 0 Å². The Morgan fingerprint density at radius 2 is 1.56 bits per heavy atom. The highest BCUT2D eigenvalue weighted by atomic mass is 16.6. The summed E-state index contributed by atoms with van der Waals surface area (Å²) in [5, 5.41) is 15.4. The molecule has 2 amide bonds. The van der Waals surface area contributed by atoms with Gasteiger partial charge in [0.2, 0.25) is 0 Å². The fourth-order valence-corrected chi connectivity index (χ4v) is 0.0408. The van der Waals surface area contributed by atoms with Gasteiger partial charge in [-0.25, -0.2) is 4.79 Å². The maximum absolute atomic E-state index is 9.00. The van der Waals surface area contributed by atoms with Crippen molar-refractivity contribution >= 4 is 6.03 Å². The lowest BCUT2D eigenvalue weighted by Crippen LogP contribution is -2.18. The highest BCUT2D eigenvalue weighted by molar-refractivity contribution is 5.69. The summed E-state index contributed by atoms with van der Waals surface area (Å²) < 4.78 is 3.94. The van der Waals surface area contributed by atoms with Crippen LogP contribution in [0, 0.1) is 0 Å². The molecule has 0 aromatic rings. The van der Waals surface area contributed by atoms with Crippen LogP contribution >= 0.6 is 0 Å². The smallest absolute Gasteiger partial charge is 0.309 e. The highest BCUT2D eigenvalue weighted by Crippen LogP contribution is 1.56. The van der Waals surface area contributed by atoms with Crippen LogP contribution in [-0.4, -0.2) is 29.8 Å².